The van der Waals surface area contributed by atoms with Crippen LogP contribution in [0.3, 0.4) is 0 Å². The van der Waals surface area contributed by atoms with Gasteiger partial charge in [0.05, 0.1) is 0 Å². The number of aromatic hydroxyl groups is 1. The van der Waals surface area contributed by atoms with Crippen molar-refractivity contribution in [1.82, 2.24) is 0 Å². The summed E-state index contributed by atoms with van der Waals surface area (Å²) < 4.78 is 0. The lowest BCUT2D eigenvalue weighted by Crippen LogP contribution is -2.28. The first-order valence-corrected chi connectivity index (χ1v) is 6.70. The van der Waals surface area contributed by atoms with Gasteiger partial charge in [-0.1, -0.05) is 39.0 Å². The van der Waals surface area contributed by atoms with Crippen LogP contribution in [0.1, 0.15) is 51.5 Å². The third-order valence-corrected chi connectivity index (χ3v) is 5.35. The molecule has 1 nitrogen and oxygen atoms in total. The van der Waals surface area contributed by atoms with Crippen molar-refractivity contribution in [2.24, 2.45) is 16.7 Å². The Balaban J connectivity index is 1.97. The summed E-state index contributed by atoms with van der Waals surface area (Å²) in [5, 5.41) is 10.0. The summed E-state index contributed by atoms with van der Waals surface area (Å²) in [7, 11) is 0. The van der Waals surface area contributed by atoms with E-state index in [0.29, 0.717) is 22.5 Å². The highest BCUT2D eigenvalue weighted by Crippen LogP contribution is 2.68. The number of phenolic OH excluding ortho intramolecular Hbond substituents is 1. The molecule has 0 amide bonds. The van der Waals surface area contributed by atoms with Gasteiger partial charge in [-0.2, -0.15) is 0 Å². The van der Waals surface area contributed by atoms with Gasteiger partial charge in [0.1, 0.15) is 5.75 Å². The minimum absolute atomic E-state index is 0.396. The lowest BCUT2D eigenvalue weighted by molar-refractivity contribution is 0.156. The van der Waals surface area contributed by atoms with E-state index in [-0.39, 0.29) is 0 Å². The molecule has 1 aromatic carbocycles. The SMILES string of the molecule is CC1(C)CC2(C)CC1CC2c1ccccc1O. The van der Waals surface area contributed by atoms with Crippen LogP contribution in [0.5, 0.6) is 5.75 Å². The monoisotopic (exact) mass is 230 g/mol. The third-order valence-electron chi connectivity index (χ3n) is 5.35. The maximum atomic E-state index is 10.0. The average Bonchev–Trinajstić information content (AvgIpc) is 2.66. The number of para-hydroxylation sites is 1. The maximum absolute atomic E-state index is 10.0. The van der Waals surface area contributed by atoms with Crippen molar-refractivity contribution < 1.29 is 5.11 Å². The average molecular weight is 230 g/mol. The Morgan fingerprint density at radius 1 is 1.18 bits per heavy atom. The Bertz CT molecular complexity index is 449. The first-order chi connectivity index (χ1) is 7.92. The Morgan fingerprint density at radius 3 is 2.41 bits per heavy atom. The summed E-state index contributed by atoms with van der Waals surface area (Å²) in [5.41, 5.74) is 2.07. The summed E-state index contributed by atoms with van der Waals surface area (Å²) in [6.07, 6.45) is 3.88. The van der Waals surface area contributed by atoms with Gasteiger partial charge in [0.25, 0.3) is 0 Å². The molecular weight excluding hydrogens is 208 g/mol. The zero-order chi connectivity index (χ0) is 12.3. The predicted molar refractivity (Wildman–Crippen MR) is 70.1 cm³/mol. The number of phenols is 1. The van der Waals surface area contributed by atoms with Crippen LogP contribution >= 0.6 is 0 Å². The standard InChI is InChI=1S/C16H22O/c1-15(2)10-16(3)9-11(15)8-13(16)12-6-4-5-7-14(12)17/h4-7,11,13,17H,8-10H2,1-3H3. The van der Waals surface area contributed by atoms with Gasteiger partial charge in [0.2, 0.25) is 0 Å². The Hall–Kier alpha value is -0.980. The Kier molecular flexibility index (Phi) is 2.14. The van der Waals surface area contributed by atoms with Gasteiger partial charge in [-0.05, 0) is 53.6 Å². The smallest absolute Gasteiger partial charge is 0.119 e. The largest absolute Gasteiger partial charge is 0.508 e. The normalized spacial score (nSPS) is 38.5. The molecule has 0 radical (unpaired) electrons. The molecule has 3 rings (SSSR count). The number of fused-ring (bicyclic) bond motifs is 2. The minimum Gasteiger partial charge on any atom is -0.508 e. The van der Waals surface area contributed by atoms with Gasteiger partial charge in [-0.3, -0.25) is 0 Å². The Morgan fingerprint density at radius 2 is 1.88 bits per heavy atom. The molecule has 17 heavy (non-hydrogen) atoms. The quantitative estimate of drug-likeness (QED) is 0.761. The van der Waals surface area contributed by atoms with Crippen molar-refractivity contribution in [3.8, 4) is 5.75 Å². The lowest BCUT2D eigenvalue weighted by Gasteiger charge is -2.39. The van der Waals surface area contributed by atoms with Crippen molar-refractivity contribution >= 4 is 0 Å². The van der Waals surface area contributed by atoms with Gasteiger partial charge in [-0.15, -0.1) is 0 Å². The molecule has 3 atom stereocenters. The first kappa shape index (κ1) is 11.1. The van der Waals surface area contributed by atoms with Gasteiger partial charge in [0.15, 0.2) is 0 Å². The van der Waals surface area contributed by atoms with Crippen LogP contribution in [0.25, 0.3) is 0 Å². The molecule has 2 saturated carbocycles. The van der Waals surface area contributed by atoms with Crippen molar-refractivity contribution in [2.45, 2.75) is 46.0 Å². The van der Waals surface area contributed by atoms with Crippen LogP contribution in [0.4, 0.5) is 0 Å². The fourth-order valence-corrected chi connectivity index (χ4v) is 4.62. The second-order valence-electron chi connectivity index (χ2n) is 7.07. The lowest BCUT2D eigenvalue weighted by atomic mass is 9.65. The van der Waals surface area contributed by atoms with Crippen molar-refractivity contribution in [2.75, 3.05) is 0 Å². The molecule has 0 aromatic heterocycles. The van der Waals surface area contributed by atoms with Crippen molar-refractivity contribution in [3.63, 3.8) is 0 Å². The van der Waals surface area contributed by atoms with E-state index < -0.39 is 0 Å². The zero-order valence-electron chi connectivity index (χ0n) is 11.0. The summed E-state index contributed by atoms with van der Waals surface area (Å²) in [6, 6.07) is 7.91. The number of rotatable bonds is 1. The summed E-state index contributed by atoms with van der Waals surface area (Å²) in [4.78, 5) is 0. The fraction of sp³-hybridized carbons (Fsp3) is 0.625. The number of hydrogen-bond acceptors (Lipinski definition) is 1. The first-order valence-electron chi connectivity index (χ1n) is 6.70. The van der Waals surface area contributed by atoms with E-state index in [0.717, 1.165) is 5.92 Å². The molecule has 0 aliphatic heterocycles. The molecule has 2 bridgehead atoms. The zero-order valence-corrected chi connectivity index (χ0v) is 11.0. The van der Waals surface area contributed by atoms with Crippen LogP contribution in [-0.2, 0) is 0 Å². The third kappa shape index (κ3) is 1.51. The van der Waals surface area contributed by atoms with Crippen molar-refractivity contribution in [1.29, 1.82) is 0 Å². The van der Waals surface area contributed by atoms with E-state index >= 15 is 0 Å². The molecule has 2 aliphatic carbocycles. The van der Waals surface area contributed by atoms with Crippen LogP contribution < -0.4 is 0 Å². The summed E-state index contributed by atoms with van der Waals surface area (Å²) >= 11 is 0. The van der Waals surface area contributed by atoms with E-state index in [9.17, 15) is 5.11 Å². The molecule has 2 fully saturated rings. The number of benzene rings is 1. The number of hydrogen-bond donors (Lipinski definition) is 1. The molecule has 2 aliphatic rings. The highest BCUT2D eigenvalue weighted by Gasteiger charge is 2.57. The van der Waals surface area contributed by atoms with Crippen LogP contribution in [0.15, 0.2) is 24.3 Å². The van der Waals surface area contributed by atoms with E-state index in [1.165, 1.54) is 24.8 Å². The highest BCUT2D eigenvalue weighted by molar-refractivity contribution is 5.38. The summed E-state index contributed by atoms with van der Waals surface area (Å²) in [5.74, 6) is 1.88. The molecule has 1 heteroatoms. The van der Waals surface area contributed by atoms with Gasteiger partial charge < -0.3 is 5.11 Å². The van der Waals surface area contributed by atoms with E-state index in [4.69, 9.17) is 0 Å². The predicted octanol–water partition coefficient (Wildman–Crippen LogP) is 4.32. The molecule has 0 spiro atoms. The van der Waals surface area contributed by atoms with E-state index in [1.54, 1.807) is 0 Å². The van der Waals surface area contributed by atoms with Crippen molar-refractivity contribution in [3.05, 3.63) is 29.8 Å². The highest BCUT2D eigenvalue weighted by atomic mass is 16.3. The van der Waals surface area contributed by atoms with Crippen LogP contribution in [0, 0.1) is 16.7 Å². The topological polar surface area (TPSA) is 20.2 Å². The van der Waals surface area contributed by atoms with Crippen LogP contribution in [-0.4, -0.2) is 5.11 Å². The molecular formula is C16H22O. The second kappa shape index (κ2) is 3.28. The second-order valence-corrected chi connectivity index (χ2v) is 7.07. The molecule has 1 aromatic rings. The summed E-state index contributed by atoms with van der Waals surface area (Å²) in [6.45, 7) is 7.23. The van der Waals surface area contributed by atoms with Gasteiger partial charge in [-0.25, -0.2) is 0 Å². The molecule has 1 N–H and O–H groups in total. The van der Waals surface area contributed by atoms with Gasteiger partial charge in [0, 0.05) is 0 Å². The van der Waals surface area contributed by atoms with Gasteiger partial charge >= 0.3 is 0 Å². The minimum atomic E-state index is 0.396. The fourth-order valence-electron chi connectivity index (χ4n) is 4.62. The molecule has 0 saturated heterocycles. The van der Waals surface area contributed by atoms with Crippen LogP contribution in [0.2, 0.25) is 0 Å². The van der Waals surface area contributed by atoms with E-state index in [2.05, 4.69) is 32.9 Å². The Labute approximate surface area is 104 Å². The molecule has 3 unspecified atom stereocenters. The molecule has 92 valence electrons. The molecule has 0 heterocycles. The van der Waals surface area contributed by atoms with E-state index in [1.807, 2.05) is 12.1 Å². The maximum Gasteiger partial charge on any atom is 0.119 e.